The average molecular weight is 332 g/mol. The Bertz CT molecular complexity index is 966. The van der Waals surface area contributed by atoms with Crippen molar-refractivity contribution in [2.75, 3.05) is 5.32 Å². The molecule has 0 aliphatic carbocycles. The summed E-state index contributed by atoms with van der Waals surface area (Å²) < 4.78 is 24.6. The lowest BCUT2D eigenvalue weighted by Crippen LogP contribution is -2.14. The lowest BCUT2D eigenvalue weighted by molar-refractivity contribution is 0.597. The molecular weight excluding hydrogens is 316 g/mol. The van der Waals surface area contributed by atoms with Gasteiger partial charge in [-0.15, -0.1) is 0 Å². The lowest BCUT2D eigenvalue weighted by atomic mass is 10.1. The molecule has 23 heavy (non-hydrogen) atoms. The van der Waals surface area contributed by atoms with Crippen LogP contribution < -0.4 is 10.5 Å². The zero-order valence-corrected chi connectivity index (χ0v) is 13.4. The van der Waals surface area contributed by atoms with Crippen LogP contribution in [0.3, 0.4) is 0 Å². The molecule has 1 atom stereocenters. The van der Waals surface area contributed by atoms with Gasteiger partial charge in [-0.25, -0.2) is 23.5 Å². The van der Waals surface area contributed by atoms with E-state index in [1.807, 2.05) is 13.0 Å². The lowest BCUT2D eigenvalue weighted by Gasteiger charge is -2.16. The van der Waals surface area contributed by atoms with E-state index < -0.39 is 10.0 Å². The van der Waals surface area contributed by atoms with Crippen molar-refractivity contribution in [3.8, 4) is 0 Å². The molecule has 2 heterocycles. The first kappa shape index (κ1) is 15.4. The van der Waals surface area contributed by atoms with Gasteiger partial charge in [0.05, 0.1) is 22.5 Å². The zero-order chi connectivity index (χ0) is 16.6. The molecule has 0 aliphatic heterocycles. The number of aromatic nitrogens is 4. The van der Waals surface area contributed by atoms with Crippen LogP contribution in [0.1, 0.15) is 18.5 Å². The van der Waals surface area contributed by atoms with Crippen LogP contribution in [-0.4, -0.2) is 28.2 Å². The Labute approximate surface area is 133 Å². The van der Waals surface area contributed by atoms with Crippen LogP contribution in [0, 0.1) is 0 Å². The molecule has 0 unspecified atom stereocenters. The second-order valence-corrected chi connectivity index (χ2v) is 6.77. The van der Waals surface area contributed by atoms with Crippen LogP contribution in [0.4, 0.5) is 5.82 Å². The number of rotatable bonds is 4. The molecule has 9 heteroatoms. The van der Waals surface area contributed by atoms with Gasteiger partial charge in [-0.2, -0.15) is 5.10 Å². The van der Waals surface area contributed by atoms with E-state index in [1.165, 1.54) is 12.4 Å². The van der Waals surface area contributed by atoms with Crippen LogP contribution in [-0.2, 0) is 17.1 Å². The molecule has 120 valence electrons. The third kappa shape index (κ3) is 3.01. The molecule has 0 bridgehead atoms. The summed E-state index contributed by atoms with van der Waals surface area (Å²) in [6, 6.07) is 6.33. The molecule has 3 rings (SSSR count). The van der Waals surface area contributed by atoms with E-state index in [9.17, 15) is 8.42 Å². The van der Waals surface area contributed by atoms with Crippen molar-refractivity contribution < 1.29 is 8.42 Å². The third-order valence-electron chi connectivity index (χ3n) is 3.57. The number of nitrogens with two attached hydrogens (primary N) is 1. The molecule has 0 saturated carbocycles. The van der Waals surface area contributed by atoms with E-state index in [4.69, 9.17) is 5.14 Å². The van der Waals surface area contributed by atoms with Gasteiger partial charge in [0.2, 0.25) is 10.0 Å². The van der Waals surface area contributed by atoms with Gasteiger partial charge in [0.15, 0.2) is 5.65 Å². The van der Waals surface area contributed by atoms with Crippen molar-refractivity contribution >= 4 is 26.9 Å². The number of benzene rings is 1. The van der Waals surface area contributed by atoms with Crippen molar-refractivity contribution in [3.05, 3.63) is 42.4 Å². The highest BCUT2D eigenvalue weighted by Crippen LogP contribution is 2.24. The fraction of sp³-hybridized carbons (Fsp3) is 0.214. The fourth-order valence-electron chi connectivity index (χ4n) is 2.33. The molecule has 1 aromatic carbocycles. The zero-order valence-electron chi connectivity index (χ0n) is 12.6. The van der Waals surface area contributed by atoms with E-state index in [-0.39, 0.29) is 10.9 Å². The van der Waals surface area contributed by atoms with Gasteiger partial charge in [0.1, 0.15) is 12.1 Å². The number of fused-ring (bicyclic) bond motifs is 1. The number of nitrogens with one attached hydrogen (secondary N) is 1. The Morgan fingerprint density at radius 1 is 1.30 bits per heavy atom. The highest BCUT2D eigenvalue weighted by molar-refractivity contribution is 7.89. The topological polar surface area (TPSA) is 116 Å². The standard InChI is InChI=1S/C14H16N6O2S/c1-9(10-4-3-5-11(6-10)23(15,21)22)19-13-12-7-18-20(2)14(12)17-8-16-13/h3-9H,1-2H3,(H2,15,21,22)(H,16,17,19)/t9-/m0/s1. The summed E-state index contributed by atoms with van der Waals surface area (Å²) >= 11 is 0. The number of hydrogen-bond donors (Lipinski definition) is 2. The Hall–Kier alpha value is -2.52. The Kier molecular flexibility index (Phi) is 3.74. The number of sulfonamides is 1. The van der Waals surface area contributed by atoms with E-state index in [0.29, 0.717) is 11.5 Å². The van der Waals surface area contributed by atoms with Crippen LogP contribution in [0.2, 0.25) is 0 Å². The summed E-state index contributed by atoms with van der Waals surface area (Å²) in [7, 11) is -1.93. The maximum atomic E-state index is 11.5. The summed E-state index contributed by atoms with van der Waals surface area (Å²) in [5.41, 5.74) is 1.50. The first-order chi connectivity index (χ1) is 10.9. The maximum Gasteiger partial charge on any atom is 0.238 e. The minimum Gasteiger partial charge on any atom is -0.363 e. The highest BCUT2D eigenvalue weighted by atomic mass is 32.2. The van der Waals surface area contributed by atoms with E-state index >= 15 is 0 Å². The Morgan fingerprint density at radius 2 is 2.09 bits per heavy atom. The number of primary sulfonamides is 1. The van der Waals surface area contributed by atoms with Crippen molar-refractivity contribution in [3.63, 3.8) is 0 Å². The van der Waals surface area contributed by atoms with E-state index in [0.717, 1.165) is 10.9 Å². The van der Waals surface area contributed by atoms with Gasteiger partial charge in [0, 0.05) is 7.05 Å². The predicted molar refractivity (Wildman–Crippen MR) is 86.2 cm³/mol. The molecule has 0 fully saturated rings. The predicted octanol–water partition coefficient (Wildman–Crippen LogP) is 1.18. The number of aryl methyl sites for hydroxylation is 1. The monoisotopic (exact) mass is 332 g/mol. The first-order valence-electron chi connectivity index (χ1n) is 6.88. The maximum absolute atomic E-state index is 11.5. The van der Waals surface area contributed by atoms with E-state index in [1.54, 1.807) is 30.1 Å². The molecule has 0 radical (unpaired) electrons. The van der Waals surface area contributed by atoms with Gasteiger partial charge >= 0.3 is 0 Å². The molecule has 0 saturated heterocycles. The van der Waals surface area contributed by atoms with Gasteiger partial charge in [-0.1, -0.05) is 12.1 Å². The number of hydrogen-bond acceptors (Lipinski definition) is 6. The molecule has 3 N–H and O–H groups in total. The smallest absolute Gasteiger partial charge is 0.238 e. The van der Waals surface area contributed by atoms with Crippen molar-refractivity contribution in [2.24, 2.45) is 12.2 Å². The normalized spacial score (nSPS) is 13.2. The minimum atomic E-state index is -3.73. The summed E-state index contributed by atoms with van der Waals surface area (Å²) in [5, 5.41) is 13.4. The van der Waals surface area contributed by atoms with Gasteiger partial charge in [-0.05, 0) is 24.6 Å². The van der Waals surface area contributed by atoms with Crippen molar-refractivity contribution in [1.29, 1.82) is 0 Å². The molecule has 0 aliphatic rings. The Balaban J connectivity index is 1.94. The summed E-state index contributed by atoms with van der Waals surface area (Å²) in [5.74, 6) is 0.636. The average Bonchev–Trinajstić information content (AvgIpc) is 2.89. The molecule has 0 spiro atoms. The molecule has 3 aromatic rings. The quantitative estimate of drug-likeness (QED) is 0.741. The second-order valence-electron chi connectivity index (χ2n) is 5.21. The third-order valence-corrected chi connectivity index (χ3v) is 4.48. The molecule has 2 aromatic heterocycles. The molecule has 8 nitrogen and oxygen atoms in total. The summed E-state index contributed by atoms with van der Waals surface area (Å²) in [6.45, 7) is 1.91. The number of nitrogens with zero attached hydrogens (tertiary/aromatic N) is 4. The van der Waals surface area contributed by atoms with Gasteiger partial charge < -0.3 is 5.32 Å². The highest BCUT2D eigenvalue weighted by Gasteiger charge is 2.14. The Morgan fingerprint density at radius 3 is 2.83 bits per heavy atom. The minimum absolute atomic E-state index is 0.0814. The second kappa shape index (κ2) is 5.60. The van der Waals surface area contributed by atoms with Crippen molar-refractivity contribution in [1.82, 2.24) is 19.7 Å². The van der Waals surface area contributed by atoms with Gasteiger partial charge in [-0.3, -0.25) is 4.68 Å². The largest absolute Gasteiger partial charge is 0.363 e. The van der Waals surface area contributed by atoms with Crippen molar-refractivity contribution in [2.45, 2.75) is 17.9 Å². The molecular formula is C14H16N6O2S. The molecule has 0 amide bonds. The first-order valence-corrected chi connectivity index (χ1v) is 8.43. The fourth-order valence-corrected chi connectivity index (χ4v) is 2.89. The van der Waals surface area contributed by atoms with Crippen LogP contribution >= 0.6 is 0 Å². The van der Waals surface area contributed by atoms with Crippen LogP contribution in [0.15, 0.2) is 41.7 Å². The summed E-state index contributed by atoms with van der Waals surface area (Å²) in [4.78, 5) is 8.50. The number of anilines is 1. The van der Waals surface area contributed by atoms with Gasteiger partial charge in [0.25, 0.3) is 0 Å². The van der Waals surface area contributed by atoms with E-state index in [2.05, 4.69) is 20.4 Å². The van der Waals surface area contributed by atoms with Crippen LogP contribution in [0.5, 0.6) is 0 Å². The van der Waals surface area contributed by atoms with Crippen LogP contribution in [0.25, 0.3) is 11.0 Å². The summed E-state index contributed by atoms with van der Waals surface area (Å²) in [6.07, 6.45) is 3.14. The SMILES string of the molecule is C[C@H](Nc1ncnc2c1cnn2C)c1cccc(S(N)(=O)=O)c1.